The van der Waals surface area contributed by atoms with Crippen LogP contribution in [-0.2, 0) is 20.5 Å². The van der Waals surface area contributed by atoms with Crippen molar-refractivity contribution >= 4 is 17.5 Å². The summed E-state index contributed by atoms with van der Waals surface area (Å²) < 4.78 is 42.7. The zero-order valence-corrected chi connectivity index (χ0v) is 12.9. The van der Waals surface area contributed by atoms with Crippen LogP contribution < -0.4 is 5.32 Å². The molecule has 0 atom stereocenters. The Labute approximate surface area is 132 Å². The molecule has 0 saturated carbocycles. The molecule has 0 aliphatic carbocycles. The first-order valence-corrected chi connectivity index (χ1v) is 6.95. The summed E-state index contributed by atoms with van der Waals surface area (Å²) in [5.74, 6) is -0.850. The van der Waals surface area contributed by atoms with Gasteiger partial charge in [-0.2, -0.15) is 13.2 Å². The number of amides is 2. The van der Waals surface area contributed by atoms with Gasteiger partial charge in [-0.15, -0.1) is 0 Å². The summed E-state index contributed by atoms with van der Waals surface area (Å²) in [6.07, 6.45) is -3.92. The van der Waals surface area contributed by atoms with Gasteiger partial charge in [0.1, 0.15) is 0 Å². The Hall–Kier alpha value is -2.09. The summed E-state index contributed by atoms with van der Waals surface area (Å²) in [6.45, 7) is 1.87. The van der Waals surface area contributed by atoms with E-state index in [1.165, 1.54) is 31.1 Å². The van der Waals surface area contributed by atoms with Crippen molar-refractivity contribution < 1.29 is 27.5 Å². The Balaban J connectivity index is 2.66. The molecular formula is C15H19F3N2O3. The van der Waals surface area contributed by atoms with Gasteiger partial charge in [0.05, 0.1) is 12.1 Å². The molecule has 1 aromatic carbocycles. The number of hydrogen-bond donors (Lipinski definition) is 1. The lowest BCUT2D eigenvalue weighted by Gasteiger charge is -2.20. The van der Waals surface area contributed by atoms with E-state index in [1.807, 2.05) is 0 Å². The predicted molar refractivity (Wildman–Crippen MR) is 78.8 cm³/mol. The zero-order chi connectivity index (χ0) is 17.5. The van der Waals surface area contributed by atoms with Crippen LogP contribution in [-0.4, -0.2) is 43.5 Å². The Bertz CT molecular complexity index is 547. The third-order valence-corrected chi connectivity index (χ3v) is 3.03. The molecule has 2 amide bonds. The molecule has 0 aliphatic heterocycles. The SMILES string of the molecule is COCCCN(CC(=O)Nc1cccc(C(F)(F)F)c1)C(C)=O. The van der Waals surface area contributed by atoms with Gasteiger partial charge in [-0.3, -0.25) is 9.59 Å². The Morgan fingerprint density at radius 1 is 1.30 bits per heavy atom. The van der Waals surface area contributed by atoms with Gasteiger partial charge in [0.15, 0.2) is 0 Å². The molecule has 23 heavy (non-hydrogen) atoms. The highest BCUT2D eigenvalue weighted by Gasteiger charge is 2.30. The second kappa shape index (κ2) is 8.52. The second-order valence-corrected chi connectivity index (χ2v) is 4.91. The van der Waals surface area contributed by atoms with Crippen molar-refractivity contribution in [2.24, 2.45) is 0 Å². The summed E-state index contributed by atoms with van der Waals surface area (Å²) in [5, 5.41) is 2.37. The van der Waals surface area contributed by atoms with E-state index in [0.29, 0.717) is 19.6 Å². The smallest absolute Gasteiger partial charge is 0.385 e. The number of nitrogens with one attached hydrogen (secondary N) is 1. The normalized spacial score (nSPS) is 11.2. The third kappa shape index (κ3) is 6.68. The summed E-state index contributed by atoms with van der Waals surface area (Å²) in [7, 11) is 1.53. The van der Waals surface area contributed by atoms with Crippen LogP contribution >= 0.6 is 0 Å². The highest BCUT2D eigenvalue weighted by atomic mass is 19.4. The number of alkyl halides is 3. The van der Waals surface area contributed by atoms with Gasteiger partial charge in [-0.1, -0.05) is 6.07 Å². The maximum Gasteiger partial charge on any atom is 0.416 e. The van der Waals surface area contributed by atoms with Crippen LogP contribution in [0.3, 0.4) is 0 Å². The number of methoxy groups -OCH3 is 1. The highest BCUT2D eigenvalue weighted by Crippen LogP contribution is 2.30. The first-order chi connectivity index (χ1) is 10.7. The van der Waals surface area contributed by atoms with Crippen LogP contribution in [0.15, 0.2) is 24.3 Å². The molecule has 0 unspecified atom stereocenters. The predicted octanol–water partition coefficient (Wildman–Crippen LogP) is 2.53. The first kappa shape index (κ1) is 19.0. The lowest BCUT2D eigenvalue weighted by atomic mass is 10.2. The monoisotopic (exact) mass is 332 g/mol. The molecule has 8 heteroatoms. The topological polar surface area (TPSA) is 58.6 Å². The largest absolute Gasteiger partial charge is 0.416 e. The van der Waals surface area contributed by atoms with Gasteiger partial charge < -0.3 is 15.0 Å². The number of nitrogens with zero attached hydrogens (tertiary/aromatic N) is 1. The van der Waals surface area contributed by atoms with Crippen LogP contribution in [0.4, 0.5) is 18.9 Å². The van der Waals surface area contributed by atoms with Crippen molar-refractivity contribution in [2.75, 3.05) is 32.1 Å². The maximum absolute atomic E-state index is 12.6. The van der Waals surface area contributed by atoms with E-state index in [0.717, 1.165) is 12.1 Å². The van der Waals surface area contributed by atoms with Crippen LogP contribution in [0.2, 0.25) is 0 Å². The number of anilines is 1. The van der Waals surface area contributed by atoms with Crippen molar-refractivity contribution in [3.05, 3.63) is 29.8 Å². The van der Waals surface area contributed by atoms with Gasteiger partial charge in [0.25, 0.3) is 0 Å². The number of ether oxygens (including phenoxy) is 1. The second-order valence-electron chi connectivity index (χ2n) is 4.91. The fourth-order valence-corrected chi connectivity index (χ4v) is 1.89. The maximum atomic E-state index is 12.6. The molecule has 1 aromatic rings. The van der Waals surface area contributed by atoms with Crippen LogP contribution in [0.25, 0.3) is 0 Å². The molecule has 0 heterocycles. The van der Waals surface area contributed by atoms with Crippen LogP contribution in [0.5, 0.6) is 0 Å². The molecule has 0 aliphatic rings. The minimum Gasteiger partial charge on any atom is -0.385 e. The molecule has 0 bridgehead atoms. The fraction of sp³-hybridized carbons (Fsp3) is 0.467. The van der Waals surface area contributed by atoms with Gasteiger partial charge in [0.2, 0.25) is 11.8 Å². The number of carbonyl (C=O) groups excluding carboxylic acids is 2. The molecule has 128 valence electrons. The van der Waals surface area contributed by atoms with E-state index in [9.17, 15) is 22.8 Å². The molecule has 1 N–H and O–H groups in total. The van der Waals surface area contributed by atoms with E-state index in [2.05, 4.69) is 5.32 Å². The fourth-order valence-electron chi connectivity index (χ4n) is 1.89. The van der Waals surface area contributed by atoms with E-state index < -0.39 is 17.6 Å². The number of carbonyl (C=O) groups is 2. The van der Waals surface area contributed by atoms with Crippen LogP contribution in [0, 0.1) is 0 Å². The quantitative estimate of drug-likeness (QED) is 0.781. The average molecular weight is 332 g/mol. The van der Waals surface area contributed by atoms with Gasteiger partial charge in [-0.25, -0.2) is 0 Å². The lowest BCUT2D eigenvalue weighted by Crippen LogP contribution is -2.37. The molecular weight excluding hydrogens is 313 g/mol. The van der Waals surface area contributed by atoms with E-state index in [1.54, 1.807) is 0 Å². The number of rotatable bonds is 7. The van der Waals surface area contributed by atoms with Crippen molar-refractivity contribution in [1.29, 1.82) is 0 Å². The first-order valence-electron chi connectivity index (χ1n) is 6.95. The van der Waals surface area contributed by atoms with E-state index >= 15 is 0 Å². The Kier molecular flexibility index (Phi) is 7.02. The summed E-state index contributed by atoms with van der Waals surface area (Å²) in [6, 6.07) is 4.33. The van der Waals surface area contributed by atoms with E-state index in [4.69, 9.17) is 4.74 Å². The van der Waals surface area contributed by atoms with Gasteiger partial charge in [0, 0.05) is 32.9 Å². The summed E-state index contributed by atoms with van der Waals surface area (Å²) in [4.78, 5) is 24.7. The molecule has 0 radical (unpaired) electrons. The summed E-state index contributed by atoms with van der Waals surface area (Å²) in [5.41, 5.74) is -0.816. The average Bonchev–Trinajstić information content (AvgIpc) is 2.45. The number of halogens is 3. The Morgan fingerprint density at radius 3 is 2.57 bits per heavy atom. The standard InChI is InChI=1S/C15H19F3N2O3/c1-11(21)20(7-4-8-23-2)10-14(22)19-13-6-3-5-12(9-13)15(16,17)18/h3,5-6,9H,4,7-8,10H2,1-2H3,(H,19,22). The zero-order valence-electron chi connectivity index (χ0n) is 12.9. The van der Waals surface area contributed by atoms with Gasteiger partial charge >= 0.3 is 6.18 Å². The van der Waals surface area contributed by atoms with Crippen molar-refractivity contribution in [1.82, 2.24) is 4.90 Å². The molecule has 0 saturated heterocycles. The van der Waals surface area contributed by atoms with Crippen molar-refractivity contribution in [2.45, 2.75) is 19.5 Å². The van der Waals surface area contributed by atoms with Crippen molar-refractivity contribution in [3.8, 4) is 0 Å². The lowest BCUT2D eigenvalue weighted by molar-refractivity contribution is -0.137. The van der Waals surface area contributed by atoms with Crippen LogP contribution in [0.1, 0.15) is 18.9 Å². The molecule has 5 nitrogen and oxygen atoms in total. The van der Waals surface area contributed by atoms with Gasteiger partial charge in [-0.05, 0) is 24.6 Å². The van der Waals surface area contributed by atoms with E-state index in [-0.39, 0.29) is 18.1 Å². The molecule has 0 fully saturated rings. The Morgan fingerprint density at radius 2 is 2.00 bits per heavy atom. The summed E-state index contributed by atoms with van der Waals surface area (Å²) >= 11 is 0. The molecule has 0 spiro atoms. The van der Waals surface area contributed by atoms with Crippen molar-refractivity contribution in [3.63, 3.8) is 0 Å². The highest BCUT2D eigenvalue weighted by molar-refractivity contribution is 5.94. The minimum atomic E-state index is -4.48. The number of hydrogen-bond acceptors (Lipinski definition) is 3. The molecule has 1 rings (SSSR count). The minimum absolute atomic E-state index is 0.0326. The third-order valence-electron chi connectivity index (χ3n) is 3.03. The molecule has 0 aromatic heterocycles. The number of benzene rings is 1.